The van der Waals surface area contributed by atoms with E-state index in [1.54, 1.807) is 12.1 Å². The fourth-order valence-electron chi connectivity index (χ4n) is 4.56. The van der Waals surface area contributed by atoms with E-state index in [0.717, 1.165) is 59.3 Å². The molecule has 6 nitrogen and oxygen atoms in total. The minimum Gasteiger partial charge on any atom is -0.352 e. The molecule has 0 aliphatic carbocycles. The zero-order valence-corrected chi connectivity index (χ0v) is 18.6. The van der Waals surface area contributed by atoms with Crippen molar-refractivity contribution in [1.29, 1.82) is 0 Å². The fraction of sp³-hybridized carbons (Fsp3) is 0.346. The summed E-state index contributed by atoms with van der Waals surface area (Å²) in [5.41, 5.74) is 5.05. The molecule has 1 fully saturated rings. The van der Waals surface area contributed by atoms with E-state index in [4.69, 9.17) is 6.57 Å². The van der Waals surface area contributed by atoms with Gasteiger partial charge in [-0.25, -0.2) is 4.85 Å². The van der Waals surface area contributed by atoms with E-state index in [1.807, 2.05) is 37.3 Å². The van der Waals surface area contributed by atoms with E-state index >= 15 is 0 Å². The van der Waals surface area contributed by atoms with E-state index in [0.29, 0.717) is 18.8 Å². The van der Waals surface area contributed by atoms with Crippen LogP contribution in [0.15, 0.2) is 42.5 Å². The summed E-state index contributed by atoms with van der Waals surface area (Å²) in [6, 6.07) is 13.5. The van der Waals surface area contributed by atoms with Gasteiger partial charge in [0.2, 0.25) is 5.91 Å². The van der Waals surface area contributed by atoms with Crippen molar-refractivity contribution in [2.45, 2.75) is 39.7 Å². The number of nitrogens with one attached hydrogen (secondary N) is 1. The molecule has 0 bridgehead atoms. The van der Waals surface area contributed by atoms with Crippen molar-refractivity contribution >= 4 is 28.3 Å². The number of benzene rings is 2. The van der Waals surface area contributed by atoms with Gasteiger partial charge >= 0.3 is 0 Å². The quantitative estimate of drug-likeness (QED) is 0.453. The first-order valence-electron chi connectivity index (χ1n) is 11.1. The predicted molar refractivity (Wildman–Crippen MR) is 126 cm³/mol. The Morgan fingerprint density at radius 2 is 1.78 bits per heavy atom. The molecule has 0 radical (unpaired) electrons. The second kappa shape index (κ2) is 9.37. The van der Waals surface area contributed by atoms with E-state index in [2.05, 4.69) is 19.6 Å². The Kier molecular flexibility index (Phi) is 6.38. The van der Waals surface area contributed by atoms with Crippen LogP contribution >= 0.6 is 0 Å². The number of hydrogen-bond acceptors (Lipinski definition) is 3. The Labute approximate surface area is 188 Å². The van der Waals surface area contributed by atoms with Gasteiger partial charge in [-0.15, -0.1) is 0 Å². The van der Waals surface area contributed by atoms with Gasteiger partial charge in [0.25, 0.3) is 0 Å². The highest BCUT2D eigenvalue weighted by atomic mass is 16.1. The maximum atomic E-state index is 13.5. The van der Waals surface area contributed by atoms with Gasteiger partial charge in [-0.3, -0.25) is 14.5 Å². The molecule has 0 saturated carbocycles. The van der Waals surface area contributed by atoms with Crippen LogP contribution in [0.1, 0.15) is 47.8 Å². The van der Waals surface area contributed by atoms with E-state index < -0.39 is 0 Å². The molecule has 1 amide bonds. The molecule has 4 rings (SSSR count). The summed E-state index contributed by atoms with van der Waals surface area (Å²) in [5.74, 6) is 0.0442. The van der Waals surface area contributed by atoms with Crippen LogP contribution in [0.5, 0.6) is 0 Å². The van der Waals surface area contributed by atoms with E-state index in [-0.39, 0.29) is 11.7 Å². The van der Waals surface area contributed by atoms with Gasteiger partial charge in [0.05, 0.1) is 18.6 Å². The molecule has 0 spiro atoms. The van der Waals surface area contributed by atoms with Crippen molar-refractivity contribution in [2.24, 2.45) is 0 Å². The van der Waals surface area contributed by atoms with Crippen LogP contribution in [0.3, 0.4) is 0 Å². The summed E-state index contributed by atoms with van der Waals surface area (Å²) in [5, 5.41) is 3.74. The number of ketones is 1. The minimum atomic E-state index is -0.0832. The van der Waals surface area contributed by atoms with Gasteiger partial charge in [-0.05, 0) is 62.7 Å². The molecule has 0 unspecified atom stereocenters. The van der Waals surface area contributed by atoms with Crippen molar-refractivity contribution in [3.05, 3.63) is 70.7 Å². The summed E-state index contributed by atoms with van der Waals surface area (Å²) in [7, 11) is 0. The lowest BCUT2D eigenvalue weighted by Gasteiger charge is -2.25. The summed E-state index contributed by atoms with van der Waals surface area (Å²) >= 11 is 0. The third kappa shape index (κ3) is 4.44. The van der Waals surface area contributed by atoms with Crippen LogP contribution in [-0.4, -0.2) is 40.8 Å². The lowest BCUT2D eigenvalue weighted by Crippen LogP contribution is -2.34. The predicted octanol–water partition coefficient (Wildman–Crippen LogP) is 4.79. The van der Waals surface area contributed by atoms with Crippen LogP contribution in [-0.2, 0) is 11.3 Å². The molecule has 6 heteroatoms. The Hall–Kier alpha value is -3.43. The molecule has 32 heavy (non-hydrogen) atoms. The Bertz CT molecular complexity index is 1200. The SMILES string of the molecule is [C-]#[N+]c1ccc(-n2c(C)c(C(=O)CN3CCCCC3)c3cc(CNC(C)=O)ccc32)cc1. The van der Waals surface area contributed by atoms with Crippen molar-refractivity contribution in [3.63, 3.8) is 0 Å². The molecule has 1 aliphatic heterocycles. The Morgan fingerprint density at radius 1 is 1.06 bits per heavy atom. The monoisotopic (exact) mass is 428 g/mol. The van der Waals surface area contributed by atoms with E-state index in [1.165, 1.54) is 13.3 Å². The summed E-state index contributed by atoms with van der Waals surface area (Å²) in [4.78, 5) is 30.6. The molecule has 1 aromatic heterocycles. The number of Topliss-reactive ketones (excluding diaryl/α,β-unsaturated/α-hetero) is 1. The average Bonchev–Trinajstić information content (AvgIpc) is 3.09. The minimum absolute atomic E-state index is 0.0832. The number of likely N-dealkylation sites (tertiary alicyclic amines) is 1. The van der Waals surface area contributed by atoms with Crippen LogP contribution in [0.4, 0.5) is 5.69 Å². The number of rotatable bonds is 6. The summed E-state index contributed by atoms with van der Waals surface area (Å²) in [6.07, 6.45) is 3.51. The smallest absolute Gasteiger partial charge is 0.217 e. The number of carbonyl (C=O) groups is 2. The van der Waals surface area contributed by atoms with Gasteiger partial charge in [-0.2, -0.15) is 0 Å². The number of hydrogen-bond donors (Lipinski definition) is 1. The maximum absolute atomic E-state index is 13.5. The molecule has 1 saturated heterocycles. The molecule has 0 atom stereocenters. The standard InChI is InChI=1S/C26H28N4O2/c1-18-26(25(32)17-29-13-5-4-6-14-29)23-15-20(16-28-19(2)31)7-12-24(23)30(18)22-10-8-21(27-3)9-11-22/h7-12,15H,4-6,13-14,16-17H2,1-2H3,(H,28,31). The van der Waals surface area contributed by atoms with E-state index in [9.17, 15) is 9.59 Å². The first kappa shape index (κ1) is 21.8. The first-order valence-corrected chi connectivity index (χ1v) is 11.1. The largest absolute Gasteiger partial charge is 0.352 e. The second-order valence-corrected chi connectivity index (χ2v) is 8.45. The topological polar surface area (TPSA) is 58.7 Å². The summed E-state index contributed by atoms with van der Waals surface area (Å²) < 4.78 is 2.09. The number of carbonyl (C=O) groups excluding carboxylic acids is 2. The molecule has 1 aliphatic rings. The van der Waals surface area contributed by atoms with Crippen molar-refractivity contribution in [2.75, 3.05) is 19.6 Å². The second-order valence-electron chi connectivity index (χ2n) is 8.45. The van der Waals surface area contributed by atoms with Crippen LogP contribution in [0, 0.1) is 13.5 Å². The third-order valence-corrected chi connectivity index (χ3v) is 6.14. The van der Waals surface area contributed by atoms with Crippen LogP contribution < -0.4 is 5.32 Å². The van der Waals surface area contributed by atoms with Gasteiger partial charge in [0.15, 0.2) is 11.5 Å². The molecule has 2 aromatic carbocycles. The first-order chi connectivity index (χ1) is 15.5. The van der Waals surface area contributed by atoms with Gasteiger partial charge in [0, 0.05) is 35.8 Å². The average molecular weight is 429 g/mol. The highest BCUT2D eigenvalue weighted by molar-refractivity contribution is 6.11. The molecule has 1 N–H and O–H groups in total. The van der Waals surface area contributed by atoms with Gasteiger partial charge in [-0.1, -0.05) is 24.6 Å². The fourth-order valence-corrected chi connectivity index (χ4v) is 4.56. The van der Waals surface area contributed by atoms with Crippen LogP contribution in [0.2, 0.25) is 0 Å². The number of fused-ring (bicyclic) bond motifs is 1. The zero-order valence-electron chi connectivity index (χ0n) is 18.6. The zero-order chi connectivity index (χ0) is 22.7. The number of amides is 1. The molecule has 2 heterocycles. The number of piperidine rings is 1. The normalized spacial score (nSPS) is 14.3. The van der Waals surface area contributed by atoms with Crippen molar-refractivity contribution in [1.82, 2.24) is 14.8 Å². The lowest BCUT2D eigenvalue weighted by atomic mass is 10.0. The van der Waals surface area contributed by atoms with Gasteiger partial charge in [0.1, 0.15) is 0 Å². The number of nitrogens with zero attached hydrogens (tertiary/aromatic N) is 3. The van der Waals surface area contributed by atoms with Gasteiger partial charge < -0.3 is 9.88 Å². The molecular weight excluding hydrogens is 400 g/mol. The molecular formula is C26H28N4O2. The summed E-state index contributed by atoms with van der Waals surface area (Å²) in [6.45, 7) is 13.5. The van der Waals surface area contributed by atoms with Crippen molar-refractivity contribution < 1.29 is 9.59 Å². The third-order valence-electron chi connectivity index (χ3n) is 6.14. The van der Waals surface area contributed by atoms with Crippen LogP contribution in [0.25, 0.3) is 21.4 Å². The Balaban J connectivity index is 1.80. The lowest BCUT2D eigenvalue weighted by molar-refractivity contribution is -0.119. The number of aromatic nitrogens is 1. The maximum Gasteiger partial charge on any atom is 0.217 e. The van der Waals surface area contributed by atoms with Crippen molar-refractivity contribution in [3.8, 4) is 5.69 Å². The highest BCUT2D eigenvalue weighted by Gasteiger charge is 2.23. The molecule has 164 valence electrons. The Morgan fingerprint density at radius 3 is 2.44 bits per heavy atom. The highest BCUT2D eigenvalue weighted by Crippen LogP contribution is 2.31. The molecule has 3 aromatic rings.